The van der Waals surface area contributed by atoms with Gasteiger partial charge in [-0.2, -0.15) is 0 Å². The number of hydrogen-bond acceptors (Lipinski definition) is 0. The van der Waals surface area contributed by atoms with Crippen molar-refractivity contribution >= 4 is 36.9 Å². The van der Waals surface area contributed by atoms with E-state index in [0.29, 0.717) is 0 Å². The Kier molecular flexibility index (Phi) is 4.16. The quantitative estimate of drug-likeness (QED) is 0.390. The van der Waals surface area contributed by atoms with Crippen molar-refractivity contribution in [3.63, 3.8) is 0 Å². The van der Waals surface area contributed by atoms with Gasteiger partial charge in [0.2, 0.25) is 8.07 Å². The van der Waals surface area contributed by atoms with Crippen LogP contribution >= 0.6 is 22.2 Å². The summed E-state index contributed by atoms with van der Waals surface area (Å²) < 4.78 is 0. The molecule has 0 aliphatic rings. The summed E-state index contributed by atoms with van der Waals surface area (Å²) in [5.41, 5.74) is 8.87. The predicted molar refractivity (Wildman–Crippen MR) is 61.7 cm³/mol. The highest BCUT2D eigenvalue weighted by molar-refractivity contribution is 7.47. The Morgan fingerprint density at radius 2 is 1.50 bits per heavy atom. The molecule has 0 aliphatic carbocycles. The lowest BCUT2D eigenvalue weighted by Gasteiger charge is -2.08. The largest absolute Gasteiger partial charge is 0.270 e. The molecule has 0 radical (unpaired) electrons. The molecule has 0 rings (SSSR count). The highest BCUT2D eigenvalue weighted by Crippen LogP contribution is 2.16. The zero-order valence-electron chi connectivity index (χ0n) is 7.07. The average Bonchev–Trinajstić information content (AvgIpc) is 1.99. The Morgan fingerprint density at radius 1 is 1.08 bits per heavy atom. The highest BCUT2D eigenvalue weighted by atomic mass is 35.7. The van der Waals surface area contributed by atoms with Gasteiger partial charge in [0, 0.05) is 0 Å². The average molecular weight is 233 g/mol. The zero-order valence-corrected chi connectivity index (χ0v) is 10.6. The molecule has 0 aromatic rings. The van der Waals surface area contributed by atoms with Gasteiger partial charge in [-0.1, -0.05) is 11.4 Å². The second-order valence-electron chi connectivity index (χ2n) is 2.78. The maximum Gasteiger partial charge on any atom is 0.270 e. The molecule has 0 fully saturated rings. The minimum atomic E-state index is -2.19. The van der Waals surface area contributed by atoms with Crippen molar-refractivity contribution in [2.75, 3.05) is 0 Å². The standard InChI is InChI=1S/C8H10Cl2Si2/c1-5-11(3,6-2)7-8-12(4,9)10/h1-2,7-8H,3-4H3. The summed E-state index contributed by atoms with van der Waals surface area (Å²) >= 11 is 11.7. The Labute approximate surface area is 85.4 Å². The van der Waals surface area contributed by atoms with Crippen LogP contribution in [0.4, 0.5) is 0 Å². The highest BCUT2D eigenvalue weighted by Gasteiger charge is 2.22. The van der Waals surface area contributed by atoms with E-state index in [9.17, 15) is 0 Å². The van der Waals surface area contributed by atoms with E-state index in [1.165, 1.54) is 0 Å². The summed E-state index contributed by atoms with van der Waals surface area (Å²) in [6.07, 6.45) is 10.6. The molecule has 0 saturated carbocycles. The predicted octanol–water partition coefficient (Wildman–Crippen LogP) is 2.59. The monoisotopic (exact) mass is 232 g/mol. The summed E-state index contributed by atoms with van der Waals surface area (Å²) in [6.45, 7) is 1.51. The molecule has 0 bridgehead atoms. The first kappa shape index (κ1) is 11.9. The molecule has 0 amide bonds. The summed E-state index contributed by atoms with van der Waals surface area (Å²) in [4.78, 5) is 0. The van der Waals surface area contributed by atoms with E-state index in [-0.39, 0.29) is 0 Å². The van der Waals surface area contributed by atoms with E-state index in [1.807, 2.05) is 12.2 Å². The van der Waals surface area contributed by atoms with Crippen molar-refractivity contribution in [1.82, 2.24) is 0 Å². The van der Waals surface area contributed by atoms with E-state index in [2.05, 4.69) is 11.1 Å². The van der Waals surface area contributed by atoms with Gasteiger partial charge in [0.15, 0.2) is 0 Å². The molecule has 0 nitrogen and oxygen atoms in total. The van der Waals surface area contributed by atoms with Crippen molar-refractivity contribution < 1.29 is 0 Å². The molecule has 0 N–H and O–H groups in total. The number of halogens is 2. The van der Waals surface area contributed by atoms with Gasteiger partial charge in [-0.3, -0.25) is 0 Å². The maximum absolute atomic E-state index is 5.86. The molecular formula is C8H10Cl2Si2. The van der Waals surface area contributed by atoms with Crippen LogP contribution in [0.3, 0.4) is 0 Å². The normalized spacial score (nSPS) is 12.5. The van der Waals surface area contributed by atoms with Crippen molar-refractivity contribution in [3.05, 3.63) is 11.4 Å². The second-order valence-corrected chi connectivity index (χ2v) is 13.6. The minimum Gasteiger partial charge on any atom is -0.141 e. The van der Waals surface area contributed by atoms with Crippen LogP contribution in [-0.2, 0) is 0 Å². The Balaban J connectivity index is 4.59. The van der Waals surface area contributed by atoms with Crippen LogP contribution in [0.5, 0.6) is 0 Å². The summed E-state index contributed by atoms with van der Waals surface area (Å²) in [6, 6.07) is 0. The summed E-state index contributed by atoms with van der Waals surface area (Å²) in [7, 11) is -2.07. The fraction of sp³-hybridized carbons (Fsp3) is 0.250. The fourth-order valence-corrected chi connectivity index (χ4v) is 4.36. The third-order valence-electron chi connectivity index (χ3n) is 1.31. The first-order valence-electron chi connectivity index (χ1n) is 3.37. The summed E-state index contributed by atoms with van der Waals surface area (Å²) in [5.74, 6) is 0. The molecule has 0 heterocycles. The van der Waals surface area contributed by atoms with Crippen LogP contribution in [-0.4, -0.2) is 14.8 Å². The van der Waals surface area contributed by atoms with Crippen molar-refractivity contribution in [3.8, 4) is 23.9 Å². The molecule has 0 spiro atoms. The van der Waals surface area contributed by atoms with E-state index in [1.54, 1.807) is 12.2 Å². The van der Waals surface area contributed by atoms with Crippen LogP contribution in [0.15, 0.2) is 11.4 Å². The van der Waals surface area contributed by atoms with E-state index < -0.39 is 14.8 Å². The van der Waals surface area contributed by atoms with Gasteiger partial charge < -0.3 is 0 Å². The van der Waals surface area contributed by atoms with Gasteiger partial charge in [0.05, 0.1) is 0 Å². The molecule has 0 aliphatic heterocycles. The van der Waals surface area contributed by atoms with Gasteiger partial charge in [-0.05, 0) is 13.1 Å². The smallest absolute Gasteiger partial charge is 0.141 e. The first-order chi connectivity index (χ1) is 5.33. The van der Waals surface area contributed by atoms with Crippen LogP contribution in [0.2, 0.25) is 13.1 Å². The molecule has 12 heavy (non-hydrogen) atoms. The van der Waals surface area contributed by atoms with Gasteiger partial charge in [0.25, 0.3) is 6.69 Å². The topological polar surface area (TPSA) is 0 Å². The third kappa shape index (κ3) is 4.69. The minimum absolute atomic E-state index is 1.78. The lowest BCUT2D eigenvalue weighted by Crippen LogP contribution is -2.25. The van der Waals surface area contributed by atoms with Crippen LogP contribution < -0.4 is 0 Å². The van der Waals surface area contributed by atoms with E-state index in [4.69, 9.17) is 35.0 Å². The Morgan fingerprint density at radius 3 is 1.75 bits per heavy atom. The van der Waals surface area contributed by atoms with E-state index >= 15 is 0 Å². The maximum atomic E-state index is 5.86. The second kappa shape index (κ2) is 4.21. The van der Waals surface area contributed by atoms with Crippen LogP contribution in [0.25, 0.3) is 0 Å². The Bertz CT molecular complexity index is 248. The fourth-order valence-electron chi connectivity index (χ4n) is 0.451. The van der Waals surface area contributed by atoms with Crippen molar-refractivity contribution in [2.45, 2.75) is 13.1 Å². The SMILES string of the molecule is C#C[Si](C)(C#C)C=C[Si](C)(Cl)Cl. The molecule has 4 heteroatoms. The number of terminal acetylenes is 2. The van der Waals surface area contributed by atoms with Gasteiger partial charge in [-0.25, -0.2) is 0 Å². The Hall–Kier alpha value is -0.126. The van der Waals surface area contributed by atoms with E-state index in [0.717, 1.165) is 0 Å². The first-order valence-corrected chi connectivity index (χ1v) is 10.5. The third-order valence-corrected chi connectivity index (χ3v) is 5.18. The van der Waals surface area contributed by atoms with Crippen molar-refractivity contribution in [2.24, 2.45) is 0 Å². The lowest BCUT2D eigenvalue weighted by atomic mass is 11.2. The lowest BCUT2D eigenvalue weighted by molar-refractivity contribution is 2.02. The molecular weight excluding hydrogens is 223 g/mol. The molecule has 0 aromatic heterocycles. The van der Waals surface area contributed by atoms with Crippen LogP contribution in [0, 0.1) is 23.9 Å². The van der Waals surface area contributed by atoms with Crippen molar-refractivity contribution in [1.29, 1.82) is 0 Å². The van der Waals surface area contributed by atoms with Crippen LogP contribution in [0.1, 0.15) is 0 Å². The summed E-state index contributed by atoms with van der Waals surface area (Å²) in [5, 5.41) is 0. The van der Waals surface area contributed by atoms with Gasteiger partial charge in [0.1, 0.15) is 0 Å². The molecule has 0 atom stereocenters. The number of rotatable bonds is 2. The zero-order chi connectivity index (χ0) is 9.83. The molecule has 0 unspecified atom stereocenters. The molecule has 0 saturated heterocycles. The van der Waals surface area contributed by atoms with Gasteiger partial charge >= 0.3 is 0 Å². The molecule has 64 valence electrons. The van der Waals surface area contributed by atoms with Gasteiger partial charge in [-0.15, -0.1) is 46.1 Å². The molecule has 0 aromatic carbocycles. The number of hydrogen-bond donors (Lipinski definition) is 0.